The highest BCUT2D eigenvalue weighted by atomic mass is 32.1. The molecule has 4 heterocycles. The van der Waals surface area contributed by atoms with Crippen molar-refractivity contribution < 1.29 is 0 Å². The molecule has 8 rings (SSSR count). The van der Waals surface area contributed by atoms with Gasteiger partial charge in [-0.05, 0) is 80.8 Å². The Kier molecular flexibility index (Phi) is 4.83. The Bertz CT molecular complexity index is 1860. The molecule has 6 heteroatoms. The molecule has 0 unspecified atom stereocenters. The molecule has 0 aliphatic carbocycles. The van der Waals surface area contributed by atoms with Crippen LogP contribution in [0.25, 0.3) is 76.1 Å². The van der Waals surface area contributed by atoms with Crippen molar-refractivity contribution in [3.63, 3.8) is 0 Å². The normalized spacial score (nSPS) is 11.7. The molecule has 0 fully saturated rings. The second kappa shape index (κ2) is 8.52. The lowest BCUT2D eigenvalue weighted by Crippen LogP contribution is -1.91. The molecular weight excluding hydrogens is 505 g/mol. The van der Waals surface area contributed by atoms with Crippen molar-refractivity contribution in [2.75, 3.05) is 0 Å². The number of pyridine rings is 2. The summed E-state index contributed by atoms with van der Waals surface area (Å²) in [6.45, 7) is 0. The van der Waals surface area contributed by atoms with E-state index < -0.39 is 0 Å². The van der Waals surface area contributed by atoms with E-state index >= 15 is 0 Å². The van der Waals surface area contributed by atoms with E-state index in [0.29, 0.717) is 0 Å². The van der Waals surface area contributed by atoms with E-state index in [-0.39, 0.29) is 0 Å². The molecule has 4 aromatic carbocycles. The van der Waals surface area contributed by atoms with Crippen LogP contribution in [0.15, 0.2) is 108 Å². The van der Waals surface area contributed by atoms with Crippen LogP contribution in [0.4, 0.5) is 0 Å². The molecule has 0 aliphatic rings. The van der Waals surface area contributed by atoms with E-state index in [1.807, 2.05) is 35.4 Å². The first-order valence-electron chi connectivity index (χ1n) is 12.3. The van der Waals surface area contributed by atoms with Crippen molar-refractivity contribution in [2.45, 2.75) is 0 Å². The van der Waals surface area contributed by atoms with Gasteiger partial charge in [0, 0.05) is 28.9 Å². The molecule has 4 aromatic heterocycles. The molecule has 0 saturated carbocycles. The molecule has 8 aromatic rings. The molecule has 0 aliphatic heterocycles. The molecule has 0 atom stereocenters. The van der Waals surface area contributed by atoms with E-state index in [2.05, 4.69) is 82.8 Å². The summed E-state index contributed by atoms with van der Waals surface area (Å²) in [5, 5.41) is 10.4. The minimum atomic E-state index is 0.906. The molecular formula is C32H18N4S2. The lowest BCUT2D eigenvalue weighted by molar-refractivity contribution is 1.29. The van der Waals surface area contributed by atoms with Crippen molar-refractivity contribution in [1.29, 1.82) is 0 Å². The van der Waals surface area contributed by atoms with Gasteiger partial charge in [-0.3, -0.25) is 4.98 Å². The Balaban J connectivity index is 1.27. The van der Waals surface area contributed by atoms with Gasteiger partial charge in [-0.15, -0.1) is 22.7 Å². The van der Waals surface area contributed by atoms with Crippen molar-refractivity contribution in [3.05, 3.63) is 108 Å². The lowest BCUT2D eigenvalue weighted by Gasteiger charge is -2.14. The van der Waals surface area contributed by atoms with Gasteiger partial charge in [0.15, 0.2) is 0 Å². The summed E-state index contributed by atoms with van der Waals surface area (Å²) >= 11 is 3.21. The Hall–Kier alpha value is -4.52. The zero-order valence-electron chi connectivity index (χ0n) is 20.0. The van der Waals surface area contributed by atoms with Crippen LogP contribution in [0.1, 0.15) is 0 Å². The van der Waals surface area contributed by atoms with E-state index in [4.69, 9.17) is 9.97 Å². The number of nitrogens with zero attached hydrogens (tertiary/aromatic N) is 4. The van der Waals surface area contributed by atoms with Crippen LogP contribution >= 0.6 is 22.7 Å². The summed E-state index contributed by atoms with van der Waals surface area (Å²) in [6, 6.07) is 30.3. The Morgan fingerprint density at radius 2 is 1.11 bits per heavy atom. The third-order valence-corrected chi connectivity index (χ3v) is 8.55. The van der Waals surface area contributed by atoms with Crippen LogP contribution in [0, 0.1) is 0 Å². The van der Waals surface area contributed by atoms with Gasteiger partial charge in [0.1, 0.15) is 5.01 Å². The molecule has 178 valence electrons. The van der Waals surface area contributed by atoms with Gasteiger partial charge in [0.2, 0.25) is 0 Å². The minimum Gasteiger partial charge on any atom is -0.252 e. The van der Waals surface area contributed by atoms with Gasteiger partial charge in [-0.25, -0.2) is 15.0 Å². The summed E-state index contributed by atoms with van der Waals surface area (Å²) in [7, 11) is 0. The van der Waals surface area contributed by atoms with E-state index in [9.17, 15) is 0 Å². The van der Waals surface area contributed by atoms with Crippen LogP contribution in [-0.4, -0.2) is 19.9 Å². The number of hydrogen-bond donors (Lipinski definition) is 0. The molecule has 0 spiro atoms. The predicted octanol–water partition coefficient (Wildman–Crippen LogP) is 8.95. The molecule has 0 amide bonds. The maximum Gasteiger partial charge on any atom is 0.141 e. The largest absolute Gasteiger partial charge is 0.252 e. The maximum atomic E-state index is 4.95. The van der Waals surface area contributed by atoms with Crippen molar-refractivity contribution in [2.24, 2.45) is 0 Å². The number of hydrogen-bond acceptors (Lipinski definition) is 6. The molecule has 0 bridgehead atoms. The van der Waals surface area contributed by atoms with Crippen LogP contribution in [0.3, 0.4) is 0 Å². The van der Waals surface area contributed by atoms with Crippen molar-refractivity contribution in [3.8, 4) is 43.8 Å². The van der Waals surface area contributed by atoms with Crippen LogP contribution in [-0.2, 0) is 0 Å². The molecule has 0 saturated heterocycles. The highest BCUT2D eigenvalue weighted by Crippen LogP contribution is 2.39. The first-order chi connectivity index (χ1) is 18.8. The lowest BCUT2D eigenvalue weighted by atomic mass is 9.90. The molecule has 4 nitrogen and oxygen atoms in total. The Labute approximate surface area is 226 Å². The van der Waals surface area contributed by atoms with Gasteiger partial charge in [-0.2, -0.15) is 0 Å². The number of benzene rings is 4. The van der Waals surface area contributed by atoms with Crippen LogP contribution in [0.2, 0.25) is 0 Å². The monoisotopic (exact) mass is 522 g/mol. The van der Waals surface area contributed by atoms with Gasteiger partial charge < -0.3 is 0 Å². The zero-order chi connectivity index (χ0) is 25.1. The summed E-state index contributed by atoms with van der Waals surface area (Å²) < 4.78 is 0. The first kappa shape index (κ1) is 21.6. The third-order valence-electron chi connectivity index (χ3n) is 6.96. The fourth-order valence-electron chi connectivity index (χ4n) is 5.27. The average Bonchev–Trinajstić information content (AvgIpc) is 3.71. The highest BCUT2D eigenvalue weighted by molar-refractivity contribution is 7.13. The number of thiazole rings is 2. The van der Waals surface area contributed by atoms with Crippen LogP contribution < -0.4 is 0 Å². The second-order valence-electron chi connectivity index (χ2n) is 9.25. The number of rotatable bonds is 4. The molecule has 38 heavy (non-hydrogen) atoms. The predicted molar refractivity (Wildman–Crippen MR) is 159 cm³/mol. The van der Waals surface area contributed by atoms with Gasteiger partial charge in [-0.1, -0.05) is 36.4 Å². The fourth-order valence-corrected chi connectivity index (χ4v) is 6.47. The van der Waals surface area contributed by atoms with Crippen molar-refractivity contribution in [1.82, 2.24) is 19.9 Å². The molecule has 0 N–H and O–H groups in total. The van der Waals surface area contributed by atoms with E-state index in [0.717, 1.165) is 43.8 Å². The summed E-state index contributed by atoms with van der Waals surface area (Å²) in [4.78, 5) is 19.6. The summed E-state index contributed by atoms with van der Waals surface area (Å²) in [6.07, 6.45) is 3.69. The number of aromatic nitrogens is 4. The SMILES string of the molecule is c1cc(-c2cc3ccc4cc(-c5cccc(-c6nccs6)n5)cc5ccc(c2)c3c45)nc(-c2cncs2)c1. The second-order valence-corrected chi connectivity index (χ2v) is 11.0. The van der Waals surface area contributed by atoms with Gasteiger partial charge >= 0.3 is 0 Å². The Morgan fingerprint density at radius 3 is 1.63 bits per heavy atom. The standard InChI is InChI=1S/C32H18N4S2/c1-3-25(35-27(5-1)29-17-33-18-38-29)23-13-19-7-9-21-15-24(16-22-10-8-20(14-23)30(19)31(21)22)26-4-2-6-28(36-26)32-34-11-12-37-32/h1-18H. The minimum absolute atomic E-state index is 0.906. The average molecular weight is 523 g/mol. The first-order valence-corrected chi connectivity index (χ1v) is 14.0. The molecule has 0 radical (unpaired) electrons. The third kappa shape index (κ3) is 3.49. The van der Waals surface area contributed by atoms with Gasteiger partial charge in [0.05, 0.1) is 33.2 Å². The highest BCUT2D eigenvalue weighted by Gasteiger charge is 2.14. The van der Waals surface area contributed by atoms with E-state index in [1.165, 1.54) is 32.3 Å². The van der Waals surface area contributed by atoms with E-state index in [1.54, 1.807) is 22.7 Å². The summed E-state index contributed by atoms with van der Waals surface area (Å²) in [5.74, 6) is 0. The van der Waals surface area contributed by atoms with Crippen LogP contribution in [0.5, 0.6) is 0 Å². The Morgan fingerprint density at radius 1 is 0.553 bits per heavy atom. The summed E-state index contributed by atoms with van der Waals surface area (Å²) in [5.41, 5.74) is 7.85. The maximum absolute atomic E-state index is 4.95. The fraction of sp³-hybridized carbons (Fsp3) is 0. The zero-order valence-corrected chi connectivity index (χ0v) is 21.6. The topological polar surface area (TPSA) is 51.6 Å². The van der Waals surface area contributed by atoms with Crippen molar-refractivity contribution >= 4 is 55.0 Å². The quantitative estimate of drug-likeness (QED) is 0.217. The van der Waals surface area contributed by atoms with Gasteiger partial charge in [0.25, 0.3) is 0 Å². The smallest absolute Gasteiger partial charge is 0.141 e.